The SMILES string of the molecule is CCSc1ccc(Cl)cc1CNC(=O)c1cc(Br)c(CN2CC[C@@H](NC(=O)OC(C)(C)C)C2)cc1N. The molecule has 3 rings (SSSR count). The van der Waals surface area contributed by atoms with Crippen LogP contribution < -0.4 is 16.4 Å². The van der Waals surface area contributed by atoms with E-state index in [0.717, 1.165) is 39.2 Å². The Morgan fingerprint density at radius 1 is 1.25 bits per heavy atom. The van der Waals surface area contributed by atoms with Crippen LogP contribution in [0.15, 0.2) is 39.7 Å². The number of thioether (sulfide) groups is 1. The van der Waals surface area contributed by atoms with E-state index in [-0.39, 0.29) is 11.9 Å². The van der Waals surface area contributed by atoms with Crippen molar-refractivity contribution in [1.29, 1.82) is 0 Å². The second-order valence-corrected chi connectivity index (χ2v) is 12.4. The van der Waals surface area contributed by atoms with Crippen LogP contribution in [-0.2, 0) is 17.8 Å². The number of ether oxygens (including phenoxy) is 1. The van der Waals surface area contributed by atoms with Gasteiger partial charge < -0.3 is 21.1 Å². The fourth-order valence-corrected chi connectivity index (χ4v) is 5.47. The maximum absolute atomic E-state index is 12.9. The number of nitrogens with two attached hydrogens (primary N) is 1. The summed E-state index contributed by atoms with van der Waals surface area (Å²) in [5.74, 6) is 0.689. The van der Waals surface area contributed by atoms with Gasteiger partial charge in [0.05, 0.1) is 5.56 Å². The topological polar surface area (TPSA) is 96.7 Å². The van der Waals surface area contributed by atoms with Gasteiger partial charge in [-0.15, -0.1) is 11.8 Å². The van der Waals surface area contributed by atoms with E-state index in [1.54, 1.807) is 17.8 Å². The molecule has 1 saturated heterocycles. The van der Waals surface area contributed by atoms with Gasteiger partial charge in [0.2, 0.25) is 0 Å². The maximum atomic E-state index is 12.9. The number of amides is 2. The third-order valence-electron chi connectivity index (χ3n) is 5.61. The van der Waals surface area contributed by atoms with Crippen LogP contribution in [0, 0.1) is 0 Å². The third-order valence-corrected chi connectivity index (χ3v) is 7.58. The number of anilines is 1. The number of benzene rings is 2. The number of hydrogen-bond acceptors (Lipinski definition) is 6. The molecule has 0 spiro atoms. The fourth-order valence-electron chi connectivity index (χ4n) is 4.02. The van der Waals surface area contributed by atoms with E-state index in [1.165, 1.54) is 0 Å². The molecule has 1 atom stereocenters. The number of likely N-dealkylation sites (tertiary alicyclic amines) is 1. The van der Waals surface area contributed by atoms with Crippen LogP contribution in [0.2, 0.25) is 5.02 Å². The fraction of sp³-hybridized carbons (Fsp3) is 0.462. The molecular weight excluding hydrogens is 564 g/mol. The Kier molecular flexibility index (Phi) is 9.97. The number of halogens is 2. The number of nitrogens with one attached hydrogen (secondary N) is 2. The van der Waals surface area contributed by atoms with Crippen molar-refractivity contribution in [3.63, 3.8) is 0 Å². The molecule has 10 heteroatoms. The molecule has 2 aromatic rings. The van der Waals surface area contributed by atoms with E-state index in [9.17, 15) is 9.59 Å². The van der Waals surface area contributed by atoms with Gasteiger partial charge in [-0.05, 0) is 74.4 Å². The van der Waals surface area contributed by atoms with Crippen molar-refractivity contribution >= 4 is 57.0 Å². The van der Waals surface area contributed by atoms with Crippen LogP contribution in [0.4, 0.5) is 10.5 Å². The highest BCUT2D eigenvalue weighted by atomic mass is 79.9. The smallest absolute Gasteiger partial charge is 0.407 e. The van der Waals surface area contributed by atoms with Crippen molar-refractivity contribution in [3.05, 3.63) is 56.5 Å². The van der Waals surface area contributed by atoms with Gasteiger partial charge in [0.15, 0.2) is 0 Å². The Balaban J connectivity index is 1.60. The summed E-state index contributed by atoms with van der Waals surface area (Å²) in [7, 11) is 0. The number of nitrogen functional groups attached to an aromatic ring is 1. The van der Waals surface area contributed by atoms with Gasteiger partial charge in [0, 0.05) is 52.3 Å². The van der Waals surface area contributed by atoms with E-state index in [4.69, 9.17) is 22.1 Å². The Morgan fingerprint density at radius 2 is 2.00 bits per heavy atom. The summed E-state index contributed by atoms with van der Waals surface area (Å²) in [4.78, 5) is 28.3. The zero-order chi connectivity index (χ0) is 26.5. The molecule has 0 unspecified atom stereocenters. The molecule has 4 N–H and O–H groups in total. The van der Waals surface area contributed by atoms with Gasteiger partial charge in [-0.2, -0.15) is 0 Å². The van der Waals surface area contributed by atoms with Crippen molar-refractivity contribution in [2.75, 3.05) is 24.6 Å². The molecule has 0 bridgehead atoms. The standard InChI is InChI=1S/C26H34BrClN4O3S/c1-5-36-23-7-6-18(28)10-16(23)13-30-24(33)20-12-21(27)17(11-22(20)29)14-32-9-8-19(15-32)31-25(34)35-26(2,3)4/h6-7,10-12,19H,5,8-9,13-15,29H2,1-4H3,(H,30,33)(H,31,34)/t19-/m1/s1. The van der Waals surface area contributed by atoms with Crippen molar-refractivity contribution in [2.45, 2.75) is 63.7 Å². The summed E-state index contributed by atoms with van der Waals surface area (Å²) in [6.45, 7) is 10.2. The van der Waals surface area contributed by atoms with E-state index < -0.39 is 11.7 Å². The molecule has 36 heavy (non-hydrogen) atoms. The van der Waals surface area contributed by atoms with E-state index in [1.807, 2.05) is 45.0 Å². The van der Waals surface area contributed by atoms with Gasteiger partial charge in [0.1, 0.15) is 5.60 Å². The maximum Gasteiger partial charge on any atom is 0.407 e. The van der Waals surface area contributed by atoms with Crippen LogP contribution >= 0.6 is 39.3 Å². The molecule has 0 aromatic heterocycles. The highest BCUT2D eigenvalue weighted by molar-refractivity contribution is 9.10. The first-order valence-electron chi connectivity index (χ1n) is 11.9. The summed E-state index contributed by atoms with van der Waals surface area (Å²) in [6, 6.07) is 9.35. The monoisotopic (exact) mass is 596 g/mol. The molecule has 0 radical (unpaired) electrons. The lowest BCUT2D eigenvalue weighted by Crippen LogP contribution is -2.40. The molecule has 196 valence electrons. The van der Waals surface area contributed by atoms with Gasteiger partial charge in [0.25, 0.3) is 5.91 Å². The lowest BCUT2D eigenvalue weighted by molar-refractivity contribution is 0.0505. The third kappa shape index (κ3) is 8.30. The quantitative estimate of drug-likeness (QED) is 0.262. The van der Waals surface area contributed by atoms with Crippen LogP contribution in [0.1, 0.15) is 55.6 Å². The number of rotatable bonds is 8. The molecule has 0 saturated carbocycles. The Bertz CT molecular complexity index is 1110. The molecule has 7 nitrogen and oxygen atoms in total. The minimum atomic E-state index is -0.524. The molecule has 1 heterocycles. The number of hydrogen-bond donors (Lipinski definition) is 3. The van der Waals surface area contributed by atoms with Crippen LogP contribution in [0.25, 0.3) is 0 Å². The van der Waals surface area contributed by atoms with Crippen molar-refractivity contribution in [3.8, 4) is 0 Å². The number of alkyl carbamates (subject to hydrolysis) is 1. The predicted molar refractivity (Wildman–Crippen MR) is 151 cm³/mol. The molecule has 2 amide bonds. The van der Waals surface area contributed by atoms with E-state index >= 15 is 0 Å². The largest absolute Gasteiger partial charge is 0.444 e. The minimum Gasteiger partial charge on any atom is -0.444 e. The van der Waals surface area contributed by atoms with Gasteiger partial charge >= 0.3 is 6.09 Å². The molecule has 0 aliphatic carbocycles. The number of carbonyl (C=O) groups excluding carboxylic acids is 2. The summed E-state index contributed by atoms with van der Waals surface area (Å²) in [5, 5.41) is 6.55. The predicted octanol–water partition coefficient (Wildman–Crippen LogP) is 5.83. The first-order chi connectivity index (χ1) is 16.9. The minimum absolute atomic E-state index is 0.0308. The van der Waals surface area contributed by atoms with Gasteiger partial charge in [-0.25, -0.2) is 4.79 Å². The van der Waals surface area contributed by atoms with E-state index in [0.29, 0.717) is 35.9 Å². The molecule has 1 fully saturated rings. The second kappa shape index (κ2) is 12.5. The average molecular weight is 598 g/mol. The average Bonchev–Trinajstić information content (AvgIpc) is 3.21. The van der Waals surface area contributed by atoms with Crippen molar-refractivity contribution < 1.29 is 14.3 Å². The normalized spacial score (nSPS) is 16.1. The highest BCUT2D eigenvalue weighted by Crippen LogP contribution is 2.28. The second-order valence-electron chi connectivity index (χ2n) is 9.77. The van der Waals surface area contributed by atoms with Crippen molar-refractivity contribution in [1.82, 2.24) is 15.5 Å². The first kappa shape index (κ1) is 28.6. The van der Waals surface area contributed by atoms with Crippen LogP contribution in [0.3, 0.4) is 0 Å². The summed E-state index contributed by atoms with van der Waals surface area (Å²) >= 11 is 11.5. The molecular formula is C26H34BrClN4O3S. The Morgan fingerprint density at radius 3 is 2.69 bits per heavy atom. The Hall–Kier alpha value is -1.94. The zero-order valence-electron chi connectivity index (χ0n) is 21.1. The van der Waals surface area contributed by atoms with Crippen LogP contribution in [-0.4, -0.2) is 47.4 Å². The molecule has 1 aliphatic rings. The first-order valence-corrected chi connectivity index (χ1v) is 14.1. The summed E-state index contributed by atoms with van der Waals surface area (Å²) in [5.41, 5.74) is 8.56. The van der Waals surface area contributed by atoms with Crippen molar-refractivity contribution in [2.24, 2.45) is 0 Å². The summed E-state index contributed by atoms with van der Waals surface area (Å²) < 4.78 is 6.17. The lowest BCUT2D eigenvalue weighted by Gasteiger charge is -2.22. The van der Waals surface area contributed by atoms with Gasteiger partial charge in [-0.1, -0.05) is 34.5 Å². The lowest BCUT2D eigenvalue weighted by atomic mass is 10.1. The summed E-state index contributed by atoms with van der Waals surface area (Å²) in [6.07, 6.45) is 0.447. The molecule has 2 aromatic carbocycles. The molecule has 1 aliphatic heterocycles. The zero-order valence-corrected chi connectivity index (χ0v) is 24.3. The Labute approximate surface area is 231 Å². The van der Waals surface area contributed by atoms with Crippen LogP contribution in [0.5, 0.6) is 0 Å². The van der Waals surface area contributed by atoms with E-state index in [2.05, 4.69) is 38.4 Å². The number of carbonyl (C=O) groups is 2. The van der Waals surface area contributed by atoms with Gasteiger partial charge in [-0.3, -0.25) is 9.69 Å². The highest BCUT2D eigenvalue weighted by Gasteiger charge is 2.27. The number of nitrogens with zero attached hydrogens (tertiary/aromatic N) is 1.